The number of carbonyl (C=O) groups is 2. The van der Waals surface area contributed by atoms with Gasteiger partial charge in [0.25, 0.3) is 12.3 Å². The maximum Gasteiger partial charge on any atom is 0.407 e. The van der Waals surface area contributed by atoms with Gasteiger partial charge in [-0.2, -0.15) is 0 Å². The highest BCUT2D eigenvalue weighted by Crippen LogP contribution is 2.41. The van der Waals surface area contributed by atoms with Gasteiger partial charge in [-0.25, -0.2) is 27.3 Å². The third-order valence-electron chi connectivity index (χ3n) is 9.50. The average molecular weight is 708 g/mol. The predicted molar refractivity (Wildman–Crippen MR) is 187 cm³/mol. The number of carbonyl (C=O) groups excluding carboxylic acids is 1. The van der Waals surface area contributed by atoms with E-state index in [-0.39, 0.29) is 54.5 Å². The van der Waals surface area contributed by atoms with Gasteiger partial charge in [-0.1, -0.05) is 46.5 Å². The molecule has 2 aromatic rings. The minimum atomic E-state index is -3.07. The molecule has 0 aliphatic carbocycles. The molecule has 2 aliphatic rings. The van der Waals surface area contributed by atoms with Crippen LogP contribution in [0.3, 0.4) is 0 Å². The van der Waals surface area contributed by atoms with Gasteiger partial charge in [0.15, 0.2) is 5.82 Å². The van der Waals surface area contributed by atoms with Crippen molar-refractivity contribution in [2.24, 2.45) is 5.41 Å². The number of aromatic nitrogens is 1. The van der Waals surface area contributed by atoms with Crippen LogP contribution in [0.5, 0.6) is 5.88 Å². The zero-order valence-corrected chi connectivity index (χ0v) is 30.8. The normalized spacial score (nSPS) is 20.8. The van der Waals surface area contributed by atoms with Crippen LogP contribution >= 0.6 is 0 Å². The number of halogens is 4. The summed E-state index contributed by atoms with van der Waals surface area (Å²) in [5, 5.41) is 12.5. The highest BCUT2D eigenvalue weighted by atomic mass is 28.3. The highest BCUT2D eigenvalue weighted by molar-refractivity contribution is 6.76. The monoisotopic (exact) mass is 707 g/mol. The van der Waals surface area contributed by atoms with Crippen LogP contribution in [0.25, 0.3) is 5.57 Å². The Hall–Kier alpha value is -3.65. The molecule has 2 amide bonds. The Balaban J connectivity index is 1.79. The fourth-order valence-corrected chi connectivity index (χ4v) is 7.07. The smallest absolute Gasteiger partial charge is 0.407 e. The van der Waals surface area contributed by atoms with E-state index in [2.05, 4.69) is 34.8 Å². The van der Waals surface area contributed by atoms with Crippen LogP contribution in [0.4, 0.5) is 33.7 Å². The number of nitrogens with one attached hydrogen (secondary N) is 1. The molecule has 1 aromatic heterocycles. The number of carboxylic acid groups (broad SMARTS) is 1. The van der Waals surface area contributed by atoms with Gasteiger partial charge in [0.1, 0.15) is 11.5 Å². The molecule has 1 unspecified atom stereocenters. The molecular weight excluding hydrogens is 658 g/mol. The zero-order valence-electron chi connectivity index (χ0n) is 29.8. The van der Waals surface area contributed by atoms with Gasteiger partial charge in [-0.3, -0.25) is 9.69 Å². The summed E-state index contributed by atoms with van der Waals surface area (Å²) in [5.74, 6) is -3.15. The fourth-order valence-electron chi connectivity index (χ4n) is 6.36. The second kappa shape index (κ2) is 14.7. The van der Waals surface area contributed by atoms with E-state index in [9.17, 15) is 23.5 Å². The summed E-state index contributed by atoms with van der Waals surface area (Å²) in [6.45, 7) is 16.8. The molecule has 49 heavy (non-hydrogen) atoms. The Labute approximate surface area is 287 Å². The first-order chi connectivity index (χ1) is 22.7. The molecule has 270 valence electrons. The van der Waals surface area contributed by atoms with E-state index in [1.807, 2.05) is 41.7 Å². The van der Waals surface area contributed by atoms with Crippen molar-refractivity contribution in [1.82, 2.24) is 14.8 Å². The van der Waals surface area contributed by atoms with Crippen molar-refractivity contribution >= 4 is 37.0 Å². The van der Waals surface area contributed by atoms with Crippen molar-refractivity contribution in [3.05, 3.63) is 52.7 Å². The molecular formula is C35H49F4N5O4Si. The van der Waals surface area contributed by atoms with Crippen molar-refractivity contribution in [3.8, 4) is 5.88 Å². The van der Waals surface area contributed by atoms with E-state index in [4.69, 9.17) is 4.74 Å². The number of hydrogen-bond acceptors (Lipinski definition) is 6. The summed E-state index contributed by atoms with van der Waals surface area (Å²) in [4.78, 5) is 35.1. The summed E-state index contributed by atoms with van der Waals surface area (Å²) in [6, 6.07) is 2.45. The molecule has 2 aliphatic heterocycles. The van der Waals surface area contributed by atoms with Crippen LogP contribution < -0.4 is 15.0 Å². The lowest BCUT2D eigenvalue weighted by Crippen LogP contribution is -2.55. The molecule has 3 atom stereocenters. The maximum absolute atomic E-state index is 16.8. The van der Waals surface area contributed by atoms with E-state index < -0.39 is 66.3 Å². The third-order valence-corrected chi connectivity index (χ3v) is 11.2. The number of ether oxygens (including phenoxy) is 1. The van der Waals surface area contributed by atoms with Crippen molar-refractivity contribution < 1.29 is 37.0 Å². The first-order valence-electron chi connectivity index (χ1n) is 16.6. The molecule has 0 bridgehead atoms. The van der Waals surface area contributed by atoms with Gasteiger partial charge < -0.3 is 25.0 Å². The quantitative estimate of drug-likeness (QED) is 0.202. The minimum absolute atomic E-state index is 0.0132. The van der Waals surface area contributed by atoms with E-state index in [0.29, 0.717) is 13.1 Å². The largest absolute Gasteiger partial charge is 0.478 e. The lowest BCUT2D eigenvalue weighted by atomic mass is 9.80. The number of anilines is 2. The van der Waals surface area contributed by atoms with Crippen molar-refractivity contribution in [2.45, 2.75) is 91.3 Å². The first-order valence-corrected chi connectivity index (χ1v) is 20.3. The van der Waals surface area contributed by atoms with Gasteiger partial charge in [0.2, 0.25) is 5.88 Å². The lowest BCUT2D eigenvalue weighted by molar-refractivity contribution is 0.0885. The fraction of sp³-hybridized carbons (Fsp3) is 0.571. The summed E-state index contributed by atoms with van der Waals surface area (Å²) in [5.41, 5.74) is -2.27. The maximum atomic E-state index is 16.8. The molecule has 9 nitrogen and oxygen atoms in total. The van der Waals surface area contributed by atoms with Crippen LogP contribution in [0, 0.1) is 17.0 Å². The van der Waals surface area contributed by atoms with Gasteiger partial charge in [0.05, 0.1) is 23.4 Å². The SMILES string of the molecule is C[C@@H]1CN(c2cc(F)c(C3=CCC(C(C)(C)C)N(C(=O)O)C3)c(F)c2NC(=O)c2cnc(OCC[Si](C)(C)C)cc2C(F)F)C[C@H](C)N1C. The second-order valence-corrected chi connectivity index (χ2v) is 21.1. The number of hydrogen-bond donors (Lipinski definition) is 2. The molecule has 0 spiro atoms. The van der Waals surface area contributed by atoms with Gasteiger partial charge in [-0.15, -0.1) is 0 Å². The summed E-state index contributed by atoms with van der Waals surface area (Å²) >= 11 is 0. The van der Waals surface area contributed by atoms with E-state index >= 15 is 8.78 Å². The summed E-state index contributed by atoms with van der Waals surface area (Å²) in [7, 11) is 0.481. The molecule has 1 fully saturated rings. The van der Waals surface area contributed by atoms with Crippen molar-refractivity contribution in [3.63, 3.8) is 0 Å². The highest BCUT2D eigenvalue weighted by Gasteiger charge is 2.38. The van der Waals surface area contributed by atoms with E-state index in [1.165, 1.54) is 0 Å². The molecule has 4 rings (SSSR count). The molecule has 0 radical (unpaired) electrons. The van der Waals surface area contributed by atoms with E-state index in [1.54, 1.807) is 11.0 Å². The minimum Gasteiger partial charge on any atom is -0.478 e. The van der Waals surface area contributed by atoms with Crippen LogP contribution in [-0.4, -0.2) is 91.4 Å². The zero-order chi connectivity index (χ0) is 36.6. The summed E-state index contributed by atoms with van der Waals surface area (Å²) < 4.78 is 67.2. The number of amides is 2. The van der Waals surface area contributed by atoms with Crippen LogP contribution in [0.15, 0.2) is 24.4 Å². The standard InChI is InChI=1S/C35H49F4N5O4Si/c1-20-17-43(18-21(2)42(20)6)26-15-25(36)29(22-10-11-27(35(3,4)5)44(19-22)34(46)47)30(37)31(26)41-33(45)24-16-40-28(14-23(24)32(38)39)48-12-13-49(7,8)9/h10,14-16,20-21,27,32H,11-13,17-19H2,1-9H3,(H,41,45)(H,46,47)/t20-,21+,27?. The molecule has 3 heterocycles. The Morgan fingerprint density at radius 1 is 1.12 bits per heavy atom. The number of nitrogens with zero attached hydrogens (tertiary/aromatic N) is 4. The molecule has 1 aromatic carbocycles. The number of rotatable bonds is 9. The van der Waals surface area contributed by atoms with Crippen molar-refractivity contribution in [2.75, 3.05) is 43.5 Å². The summed E-state index contributed by atoms with van der Waals surface area (Å²) in [6.07, 6.45) is -1.47. The van der Waals surface area contributed by atoms with Crippen LogP contribution in [0.1, 0.15) is 68.9 Å². The Bertz CT molecular complexity index is 1580. The number of likely N-dealkylation sites (N-methyl/N-ethyl adjacent to an activating group) is 1. The topological polar surface area (TPSA) is 98.2 Å². The third kappa shape index (κ3) is 8.75. The lowest BCUT2D eigenvalue weighted by Gasteiger charge is -2.44. The van der Waals surface area contributed by atoms with Gasteiger partial charge >= 0.3 is 6.09 Å². The molecule has 14 heteroatoms. The predicted octanol–water partition coefficient (Wildman–Crippen LogP) is 7.98. The van der Waals surface area contributed by atoms with Crippen LogP contribution in [0.2, 0.25) is 25.7 Å². The molecule has 0 saturated carbocycles. The van der Waals surface area contributed by atoms with Crippen LogP contribution in [-0.2, 0) is 0 Å². The first kappa shape index (κ1) is 38.2. The number of pyridine rings is 1. The average Bonchev–Trinajstić information content (AvgIpc) is 2.99. The number of piperazine rings is 1. The van der Waals surface area contributed by atoms with E-state index in [0.717, 1.165) is 29.3 Å². The van der Waals surface area contributed by atoms with Crippen molar-refractivity contribution in [1.29, 1.82) is 0 Å². The number of alkyl halides is 2. The molecule has 1 saturated heterocycles. The Morgan fingerprint density at radius 2 is 1.76 bits per heavy atom. The Kier molecular flexibility index (Phi) is 11.4. The number of benzene rings is 1. The molecule has 2 N–H and O–H groups in total. The van der Waals surface area contributed by atoms with Gasteiger partial charge in [0, 0.05) is 69.7 Å². The van der Waals surface area contributed by atoms with Gasteiger partial charge in [-0.05, 0) is 44.3 Å². The Morgan fingerprint density at radius 3 is 2.31 bits per heavy atom. The second-order valence-electron chi connectivity index (χ2n) is 15.5.